The van der Waals surface area contributed by atoms with Crippen LogP contribution >= 0.6 is 0 Å². The third kappa shape index (κ3) is 2.85. The molecule has 0 aliphatic carbocycles. The van der Waals surface area contributed by atoms with E-state index in [1.54, 1.807) is 12.1 Å². The van der Waals surface area contributed by atoms with Crippen LogP contribution in [0.1, 0.15) is 30.5 Å². The SMILES string of the molecule is Cn1cccc1[C@H]1CCCN1Cc1nc(-c2ccc(F)cc2)no1. The van der Waals surface area contributed by atoms with Gasteiger partial charge in [-0.05, 0) is 55.8 Å². The lowest BCUT2D eigenvalue weighted by Crippen LogP contribution is -2.24. The van der Waals surface area contributed by atoms with Gasteiger partial charge in [-0.3, -0.25) is 4.90 Å². The Morgan fingerprint density at radius 2 is 2.08 bits per heavy atom. The molecule has 1 fully saturated rings. The minimum Gasteiger partial charge on any atom is -0.353 e. The Labute approximate surface area is 139 Å². The fourth-order valence-corrected chi connectivity index (χ4v) is 3.38. The van der Waals surface area contributed by atoms with E-state index in [2.05, 4.69) is 45.0 Å². The molecule has 5 nitrogen and oxygen atoms in total. The van der Waals surface area contributed by atoms with Crippen LogP contribution in [0.2, 0.25) is 0 Å². The van der Waals surface area contributed by atoms with Crippen molar-refractivity contribution in [3.05, 3.63) is 60.0 Å². The second kappa shape index (κ2) is 6.20. The van der Waals surface area contributed by atoms with Crippen LogP contribution in [0.5, 0.6) is 0 Å². The molecule has 1 saturated heterocycles. The van der Waals surface area contributed by atoms with Crippen LogP contribution in [0.25, 0.3) is 11.4 Å². The van der Waals surface area contributed by atoms with Gasteiger partial charge in [0.1, 0.15) is 5.82 Å². The molecule has 0 amide bonds. The third-order valence-corrected chi connectivity index (χ3v) is 4.60. The van der Waals surface area contributed by atoms with E-state index in [0.717, 1.165) is 24.9 Å². The van der Waals surface area contributed by atoms with Crippen LogP contribution in [0, 0.1) is 5.82 Å². The number of aryl methyl sites for hydroxylation is 1. The Morgan fingerprint density at radius 1 is 1.25 bits per heavy atom. The van der Waals surface area contributed by atoms with Gasteiger partial charge in [-0.1, -0.05) is 5.16 Å². The first kappa shape index (κ1) is 15.1. The topological polar surface area (TPSA) is 47.1 Å². The number of aromatic nitrogens is 3. The predicted octanol–water partition coefficient (Wildman–Crippen LogP) is 3.55. The number of likely N-dealkylation sites (tertiary alicyclic amines) is 1. The minimum absolute atomic E-state index is 0.273. The molecule has 1 aliphatic rings. The number of hydrogen-bond donors (Lipinski definition) is 0. The quantitative estimate of drug-likeness (QED) is 0.735. The summed E-state index contributed by atoms with van der Waals surface area (Å²) in [4.78, 5) is 6.84. The van der Waals surface area contributed by atoms with E-state index >= 15 is 0 Å². The van der Waals surface area contributed by atoms with Crippen LogP contribution in [-0.2, 0) is 13.6 Å². The van der Waals surface area contributed by atoms with E-state index in [9.17, 15) is 4.39 Å². The molecule has 1 aliphatic heterocycles. The second-order valence-electron chi connectivity index (χ2n) is 6.19. The molecule has 4 rings (SSSR count). The molecular formula is C18H19FN4O. The Balaban J connectivity index is 1.51. The highest BCUT2D eigenvalue weighted by molar-refractivity contribution is 5.53. The number of rotatable bonds is 4. The van der Waals surface area contributed by atoms with Crippen LogP contribution in [0.4, 0.5) is 4.39 Å². The molecule has 1 aromatic carbocycles. The minimum atomic E-state index is -0.273. The Hall–Kier alpha value is -2.47. The van der Waals surface area contributed by atoms with Gasteiger partial charge in [0.2, 0.25) is 11.7 Å². The highest BCUT2D eigenvalue weighted by Gasteiger charge is 2.29. The standard InChI is InChI=1S/C18H19FN4O/c1-22-10-2-4-15(22)16-5-3-11-23(16)12-17-20-18(21-24-17)13-6-8-14(19)9-7-13/h2,4,6-10,16H,3,5,11-12H2,1H3/t16-/m1/s1. The predicted molar refractivity (Wildman–Crippen MR) is 87.5 cm³/mol. The maximum Gasteiger partial charge on any atom is 0.241 e. The number of benzene rings is 1. The Morgan fingerprint density at radius 3 is 2.83 bits per heavy atom. The maximum atomic E-state index is 13.0. The summed E-state index contributed by atoms with van der Waals surface area (Å²) in [5, 5.41) is 4.02. The molecule has 6 heteroatoms. The molecule has 3 heterocycles. The highest BCUT2D eigenvalue weighted by Crippen LogP contribution is 2.33. The van der Waals surface area contributed by atoms with Gasteiger partial charge in [0.05, 0.1) is 12.6 Å². The average Bonchev–Trinajstić information content (AvgIpc) is 3.30. The smallest absolute Gasteiger partial charge is 0.241 e. The van der Waals surface area contributed by atoms with Crippen LogP contribution in [-0.4, -0.2) is 26.2 Å². The van der Waals surface area contributed by atoms with Gasteiger partial charge in [0.25, 0.3) is 0 Å². The van der Waals surface area contributed by atoms with Crippen molar-refractivity contribution in [1.29, 1.82) is 0 Å². The lowest BCUT2D eigenvalue weighted by molar-refractivity contribution is 0.207. The fourth-order valence-electron chi connectivity index (χ4n) is 3.38. The average molecular weight is 326 g/mol. The van der Waals surface area contributed by atoms with Crippen molar-refractivity contribution >= 4 is 0 Å². The van der Waals surface area contributed by atoms with Crippen molar-refractivity contribution in [3.8, 4) is 11.4 Å². The van der Waals surface area contributed by atoms with Gasteiger partial charge >= 0.3 is 0 Å². The first-order valence-corrected chi connectivity index (χ1v) is 8.14. The molecule has 124 valence electrons. The van der Waals surface area contributed by atoms with Crippen molar-refractivity contribution < 1.29 is 8.91 Å². The summed E-state index contributed by atoms with van der Waals surface area (Å²) in [5.74, 6) is 0.819. The molecule has 0 saturated carbocycles. The summed E-state index contributed by atoms with van der Waals surface area (Å²) in [6.07, 6.45) is 4.37. The fraction of sp³-hybridized carbons (Fsp3) is 0.333. The zero-order valence-corrected chi connectivity index (χ0v) is 13.5. The molecule has 2 aromatic heterocycles. The first-order chi connectivity index (χ1) is 11.7. The van der Waals surface area contributed by atoms with Crippen molar-refractivity contribution in [3.63, 3.8) is 0 Å². The van der Waals surface area contributed by atoms with Crippen molar-refractivity contribution in [2.75, 3.05) is 6.54 Å². The number of halogens is 1. The third-order valence-electron chi connectivity index (χ3n) is 4.60. The number of nitrogens with zero attached hydrogens (tertiary/aromatic N) is 4. The Kier molecular flexibility index (Phi) is 3.90. The first-order valence-electron chi connectivity index (χ1n) is 8.14. The molecule has 0 unspecified atom stereocenters. The summed E-state index contributed by atoms with van der Waals surface area (Å²) in [5.41, 5.74) is 2.07. The summed E-state index contributed by atoms with van der Waals surface area (Å²) in [6.45, 7) is 1.65. The van der Waals surface area contributed by atoms with Gasteiger partial charge in [0, 0.05) is 24.5 Å². The van der Waals surface area contributed by atoms with Gasteiger partial charge in [-0.25, -0.2) is 4.39 Å². The lowest BCUT2D eigenvalue weighted by atomic mass is 10.1. The molecule has 0 bridgehead atoms. The summed E-state index contributed by atoms with van der Waals surface area (Å²) in [7, 11) is 2.07. The van der Waals surface area contributed by atoms with Crippen LogP contribution in [0.3, 0.4) is 0 Å². The van der Waals surface area contributed by atoms with Crippen LogP contribution < -0.4 is 0 Å². The van der Waals surface area contributed by atoms with Crippen LogP contribution in [0.15, 0.2) is 47.1 Å². The zero-order valence-electron chi connectivity index (χ0n) is 13.5. The molecule has 0 spiro atoms. The number of hydrogen-bond acceptors (Lipinski definition) is 4. The van der Waals surface area contributed by atoms with E-state index in [4.69, 9.17) is 4.52 Å². The van der Waals surface area contributed by atoms with Gasteiger partial charge in [-0.2, -0.15) is 4.98 Å². The van der Waals surface area contributed by atoms with Gasteiger partial charge in [0.15, 0.2) is 0 Å². The summed E-state index contributed by atoms with van der Waals surface area (Å²) < 4.78 is 20.6. The largest absolute Gasteiger partial charge is 0.353 e. The van der Waals surface area contributed by atoms with Gasteiger partial charge < -0.3 is 9.09 Å². The van der Waals surface area contributed by atoms with Crippen molar-refractivity contribution in [2.45, 2.75) is 25.4 Å². The zero-order chi connectivity index (χ0) is 16.5. The lowest BCUT2D eigenvalue weighted by Gasteiger charge is -2.23. The molecule has 24 heavy (non-hydrogen) atoms. The van der Waals surface area contributed by atoms with Crippen molar-refractivity contribution in [1.82, 2.24) is 19.6 Å². The van der Waals surface area contributed by atoms with E-state index in [1.807, 2.05) is 0 Å². The van der Waals surface area contributed by atoms with E-state index in [1.165, 1.54) is 17.8 Å². The Bertz CT molecular complexity index is 824. The van der Waals surface area contributed by atoms with E-state index in [-0.39, 0.29) is 5.82 Å². The van der Waals surface area contributed by atoms with Gasteiger partial charge in [-0.15, -0.1) is 0 Å². The monoisotopic (exact) mass is 326 g/mol. The molecule has 3 aromatic rings. The van der Waals surface area contributed by atoms with Crippen molar-refractivity contribution in [2.24, 2.45) is 7.05 Å². The maximum absolute atomic E-state index is 13.0. The highest BCUT2D eigenvalue weighted by atomic mass is 19.1. The normalized spacial score (nSPS) is 18.3. The molecule has 1 atom stereocenters. The molecular weight excluding hydrogens is 307 g/mol. The van der Waals surface area contributed by atoms with E-state index in [0.29, 0.717) is 24.3 Å². The molecule has 0 N–H and O–H groups in total. The molecule has 0 radical (unpaired) electrons. The second-order valence-corrected chi connectivity index (χ2v) is 6.19. The van der Waals surface area contributed by atoms with E-state index < -0.39 is 0 Å². The summed E-state index contributed by atoms with van der Waals surface area (Å²) >= 11 is 0. The summed E-state index contributed by atoms with van der Waals surface area (Å²) in [6, 6.07) is 10.7.